The molecule has 180 valence electrons. The van der Waals surface area contributed by atoms with E-state index in [0.29, 0.717) is 46.1 Å². The molecule has 3 aromatic heterocycles. The highest BCUT2D eigenvalue weighted by molar-refractivity contribution is 6.33. The Kier molecular flexibility index (Phi) is 6.52. The zero-order valence-corrected chi connectivity index (χ0v) is 20.2. The number of aryl methyl sites for hydroxylation is 1. The van der Waals surface area contributed by atoms with Crippen LogP contribution in [0.1, 0.15) is 18.4 Å². The molecule has 0 saturated carbocycles. The summed E-state index contributed by atoms with van der Waals surface area (Å²) in [5.74, 6) is 1.67. The standard InChI is InChI=1S/C25H27ClN8O/c1-3-13-33-24(35)18-15-28-25(30-20-14-16(2)7-8-19(20)26)32-23(18)34(33)22-6-4-5-21(31-22)29-17-9-11-27-12-10-17/h3-8,14-15,17,27H,1,9-13H2,2H3,(H,29,31)(H,28,30,32). The van der Waals surface area contributed by atoms with Gasteiger partial charge in [-0.25, -0.2) is 19.3 Å². The van der Waals surface area contributed by atoms with Gasteiger partial charge in [-0.2, -0.15) is 4.98 Å². The first-order valence-electron chi connectivity index (χ1n) is 11.6. The minimum Gasteiger partial charge on any atom is -0.367 e. The van der Waals surface area contributed by atoms with Gasteiger partial charge in [0, 0.05) is 12.2 Å². The van der Waals surface area contributed by atoms with Crippen LogP contribution in [0.15, 0.2) is 60.0 Å². The average molecular weight is 491 g/mol. The highest BCUT2D eigenvalue weighted by atomic mass is 35.5. The zero-order chi connectivity index (χ0) is 24.4. The Morgan fingerprint density at radius 1 is 1.23 bits per heavy atom. The van der Waals surface area contributed by atoms with Gasteiger partial charge in [0.25, 0.3) is 5.56 Å². The molecule has 0 bridgehead atoms. The topological polar surface area (TPSA) is 102 Å². The summed E-state index contributed by atoms with van der Waals surface area (Å²) in [5.41, 5.74) is 1.98. The summed E-state index contributed by atoms with van der Waals surface area (Å²) in [6, 6.07) is 11.7. The number of aromatic nitrogens is 5. The lowest BCUT2D eigenvalue weighted by atomic mass is 10.1. The van der Waals surface area contributed by atoms with E-state index in [1.807, 2.05) is 43.3 Å². The second-order valence-corrected chi connectivity index (χ2v) is 8.98. The average Bonchev–Trinajstić information content (AvgIpc) is 3.13. The van der Waals surface area contributed by atoms with E-state index >= 15 is 0 Å². The second-order valence-electron chi connectivity index (χ2n) is 8.58. The molecule has 1 aliphatic heterocycles. The molecular formula is C25H27ClN8O. The van der Waals surface area contributed by atoms with Crippen molar-refractivity contribution in [1.82, 2.24) is 29.6 Å². The molecule has 35 heavy (non-hydrogen) atoms. The Balaban J connectivity index is 1.58. The van der Waals surface area contributed by atoms with Gasteiger partial charge in [-0.1, -0.05) is 29.8 Å². The van der Waals surface area contributed by atoms with Crippen molar-refractivity contribution in [3.63, 3.8) is 0 Å². The normalized spacial score (nSPS) is 14.2. The van der Waals surface area contributed by atoms with Crippen LogP contribution < -0.4 is 21.5 Å². The maximum atomic E-state index is 13.2. The van der Waals surface area contributed by atoms with Crippen molar-refractivity contribution in [2.24, 2.45) is 0 Å². The van der Waals surface area contributed by atoms with Crippen LogP contribution in [0.5, 0.6) is 0 Å². The van der Waals surface area contributed by atoms with Crippen LogP contribution in [0.25, 0.3) is 16.9 Å². The smallest absolute Gasteiger partial charge is 0.278 e. The molecule has 1 saturated heterocycles. The van der Waals surface area contributed by atoms with Crippen LogP contribution in [0.3, 0.4) is 0 Å². The Hall–Kier alpha value is -3.69. The summed E-state index contributed by atoms with van der Waals surface area (Å²) in [4.78, 5) is 27.1. The number of hydrogen-bond acceptors (Lipinski definition) is 7. The number of nitrogens with zero attached hydrogens (tertiary/aromatic N) is 5. The molecule has 1 fully saturated rings. The number of nitrogens with one attached hydrogen (secondary N) is 3. The van der Waals surface area contributed by atoms with E-state index in [0.717, 1.165) is 37.3 Å². The number of piperidine rings is 1. The van der Waals surface area contributed by atoms with E-state index in [1.165, 1.54) is 6.20 Å². The third-order valence-electron chi connectivity index (χ3n) is 5.99. The molecule has 3 N–H and O–H groups in total. The molecule has 0 amide bonds. The molecule has 0 unspecified atom stereocenters. The van der Waals surface area contributed by atoms with Crippen molar-refractivity contribution in [2.45, 2.75) is 32.4 Å². The van der Waals surface area contributed by atoms with Crippen molar-refractivity contribution < 1.29 is 0 Å². The van der Waals surface area contributed by atoms with Gasteiger partial charge in [0.15, 0.2) is 11.5 Å². The molecule has 1 aliphatic rings. The summed E-state index contributed by atoms with van der Waals surface area (Å²) in [6.45, 7) is 8.06. The third-order valence-corrected chi connectivity index (χ3v) is 6.32. The van der Waals surface area contributed by atoms with E-state index in [1.54, 1.807) is 15.4 Å². The SMILES string of the molecule is C=CCn1c(=O)c2cnc(Nc3cc(C)ccc3Cl)nc2n1-c1cccc(NC2CCNCC2)n1. The minimum absolute atomic E-state index is 0.210. The van der Waals surface area contributed by atoms with E-state index in [4.69, 9.17) is 16.6 Å². The molecule has 4 heterocycles. The van der Waals surface area contributed by atoms with Gasteiger partial charge >= 0.3 is 0 Å². The number of allylic oxidation sites excluding steroid dienone is 1. The molecule has 0 aliphatic carbocycles. The van der Waals surface area contributed by atoms with Crippen molar-refractivity contribution in [2.75, 3.05) is 23.7 Å². The first kappa shape index (κ1) is 23.1. The zero-order valence-electron chi connectivity index (χ0n) is 19.5. The molecule has 10 heteroatoms. The van der Waals surface area contributed by atoms with Gasteiger partial charge in [-0.15, -0.1) is 6.58 Å². The van der Waals surface area contributed by atoms with Gasteiger partial charge in [0.05, 0.1) is 17.3 Å². The molecule has 1 aromatic carbocycles. The molecule has 4 aromatic rings. The highest BCUT2D eigenvalue weighted by Crippen LogP contribution is 2.26. The van der Waals surface area contributed by atoms with Crippen LogP contribution in [-0.2, 0) is 6.54 Å². The number of benzene rings is 1. The van der Waals surface area contributed by atoms with E-state index in [2.05, 4.69) is 32.5 Å². The molecule has 0 spiro atoms. The number of anilines is 3. The lowest BCUT2D eigenvalue weighted by Crippen LogP contribution is -2.35. The Morgan fingerprint density at radius 2 is 2.06 bits per heavy atom. The highest BCUT2D eigenvalue weighted by Gasteiger charge is 2.19. The predicted molar refractivity (Wildman–Crippen MR) is 140 cm³/mol. The molecule has 9 nitrogen and oxygen atoms in total. The van der Waals surface area contributed by atoms with Gasteiger partial charge in [0.1, 0.15) is 11.2 Å². The van der Waals surface area contributed by atoms with Gasteiger partial charge in [0.2, 0.25) is 5.95 Å². The van der Waals surface area contributed by atoms with Crippen LogP contribution in [-0.4, -0.2) is 43.4 Å². The fourth-order valence-electron chi connectivity index (χ4n) is 4.26. The lowest BCUT2D eigenvalue weighted by molar-refractivity contribution is 0.478. The van der Waals surface area contributed by atoms with Gasteiger partial charge < -0.3 is 16.0 Å². The maximum absolute atomic E-state index is 13.2. The first-order valence-corrected chi connectivity index (χ1v) is 12.0. The number of fused-ring (bicyclic) bond motifs is 1. The summed E-state index contributed by atoms with van der Waals surface area (Å²) >= 11 is 6.35. The number of halogens is 1. The van der Waals surface area contributed by atoms with Gasteiger partial charge in [-0.3, -0.25) is 4.79 Å². The van der Waals surface area contributed by atoms with Crippen molar-refractivity contribution in [1.29, 1.82) is 0 Å². The van der Waals surface area contributed by atoms with E-state index < -0.39 is 0 Å². The summed E-state index contributed by atoms with van der Waals surface area (Å²) in [7, 11) is 0. The molecule has 0 atom stereocenters. The Morgan fingerprint density at radius 3 is 2.86 bits per heavy atom. The van der Waals surface area contributed by atoms with Crippen molar-refractivity contribution in [3.05, 3.63) is 76.2 Å². The minimum atomic E-state index is -0.210. The number of pyridine rings is 1. The fourth-order valence-corrected chi connectivity index (χ4v) is 4.43. The number of hydrogen-bond donors (Lipinski definition) is 3. The van der Waals surface area contributed by atoms with E-state index in [9.17, 15) is 4.79 Å². The van der Waals surface area contributed by atoms with Gasteiger partial charge in [-0.05, 0) is 62.7 Å². The first-order chi connectivity index (χ1) is 17.0. The van der Waals surface area contributed by atoms with Crippen LogP contribution in [0, 0.1) is 6.92 Å². The quantitative estimate of drug-likeness (QED) is 0.336. The largest absolute Gasteiger partial charge is 0.367 e. The summed E-state index contributed by atoms with van der Waals surface area (Å²) in [6.07, 6.45) is 5.27. The molecule has 0 radical (unpaired) electrons. The number of rotatable bonds is 7. The molecular weight excluding hydrogens is 464 g/mol. The maximum Gasteiger partial charge on any atom is 0.278 e. The molecule has 5 rings (SSSR count). The van der Waals surface area contributed by atoms with E-state index in [-0.39, 0.29) is 5.56 Å². The summed E-state index contributed by atoms with van der Waals surface area (Å²) < 4.78 is 3.28. The van der Waals surface area contributed by atoms with Crippen LogP contribution in [0.2, 0.25) is 5.02 Å². The van der Waals surface area contributed by atoms with Crippen molar-refractivity contribution in [3.8, 4) is 5.82 Å². The monoisotopic (exact) mass is 490 g/mol. The predicted octanol–water partition coefficient (Wildman–Crippen LogP) is 4.03. The van der Waals surface area contributed by atoms with Crippen LogP contribution in [0.4, 0.5) is 17.5 Å². The van der Waals surface area contributed by atoms with Crippen LogP contribution >= 0.6 is 11.6 Å². The summed E-state index contributed by atoms with van der Waals surface area (Å²) in [5, 5.41) is 11.0. The Labute approximate surface area is 207 Å². The third kappa shape index (κ3) is 4.78. The van der Waals surface area contributed by atoms with Crippen molar-refractivity contribution >= 4 is 40.1 Å². The Bertz CT molecular complexity index is 1440. The second kappa shape index (κ2) is 9.89. The fraction of sp³-hybridized carbons (Fsp3) is 0.280. The lowest BCUT2D eigenvalue weighted by Gasteiger charge is -2.24.